The molecule has 1 fully saturated rings. The van der Waals surface area contributed by atoms with Crippen molar-refractivity contribution in [1.82, 2.24) is 4.90 Å². The van der Waals surface area contributed by atoms with Crippen molar-refractivity contribution in [2.45, 2.75) is 13.0 Å². The van der Waals surface area contributed by atoms with Crippen molar-refractivity contribution in [1.29, 1.82) is 0 Å². The van der Waals surface area contributed by atoms with Crippen molar-refractivity contribution in [3.05, 3.63) is 35.9 Å². The Balaban J connectivity index is 1.77. The number of carbonyl (C=O) groups is 1. The maximum atomic E-state index is 11.8. The summed E-state index contributed by atoms with van der Waals surface area (Å²) < 4.78 is 26.4. The Kier molecular flexibility index (Phi) is 4.93. The first-order chi connectivity index (χ1) is 9.15. The van der Waals surface area contributed by atoms with E-state index in [9.17, 15) is 13.6 Å². The summed E-state index contributed by atoms with van der Waals surface area (Å²) >= 11 is -2.05. The van der Waals surface area contributed by atoms with Crippen LogP contribution in [0.2, 0.25) is 0 Å². The third-order valence-corrected chi connectivity index (χ3v) is 3.86. The maximum Gasteiger partial charge on any atom is 0.410 e. The zero-order chi connectivity index (χ0) is 13.7. The number of hydrogen-bond donors (Lipinski definition) is 0. The largest absolute Gasteiger partial charge is 0.772 e. The highest BCUT2D eigenvalue weighted by atomic mass is 32.2. The number of hydrogen-bond acceptors (Lipinski definition) is 4. The molecular formula is C13H16NO4S-. The minimum absolute atomic E-state index is 0.0302. The molecule has 0 radical (unpaired) electrons. The van der Waals surface area contributed by atoms with E-state index < -0.39 is 11.1 Å². The fraction of sp³-hybridized carbons (Fsp3) is 0.462. The van der Waals surface area contributed by atoms with Crippen molar-refractivity contribution >= 4 is 17.2 Å². The third kappa shape index (κ3) is 4.33. The Morgan fingerprint density at radius 2 is 2.16 bits per heavy atom. The van der Waals surface area contributed by atoms with Crippen molar-refractivity contribution in [2.75, 3.05) is 18.8 Å². The van der Waals surface area contributed by atoms with Crippen LogP contribution in [0.3, 0.4) is 0 Å². The molecule has 1 aromatic carbocycles. The van der Waals surface area contributed by atoms with Crippen molar-refractivity contribution in [3.8, 4) is 0 Å². The summed E-state index contributed by atoms with van der Waals surface area (Å²) in [4.78, 5) is 13.4. The van der Waals surface area contributed by atoms with Gasteiger partial charge in [-0.1, -0.05) is 41.4 Å². The van der Waals surface area contributed by atoms with Gasteiger partial charge in [-0.3, -0.25) is 4.21 Å². The molecule has 0 saturated carbocycles. The molecule has 1 aromatic rings. The molecule has 5 nitrogen and oxygen atoms in total. The van der Waals surface area contributed by atoms with E-state index in [-0.39, 0.29) is 24.4 Å². The summed E-state index contributed by atoms with van der Waals surface area (Å²) in [6, 6.07) is 9.46. The molecule has 1 aliphatic rings. The van der Waals surface area contributed by atoms with E-state index in [1.165, 1.54) is 0 Å². The normalized spacial score (nSPS) is 20.3. The average molecular weight is 282 g/mol. The third-order valence-electron chi connectivity index (χ3n) is 3.12. The molecule has 0 aliphatic carbocycles. The van der Waals surface area contributed by atoms with Gasteiger partial charge in [-0.25, -0.2) is 4.79 Å². The number of likely N-dealkylation sites (tertiary alicyclic amines) is 1. The molecule has 19 heavy (non-hydrogen) atoms. The maximum absolute atomic E-state index is 11.8. The van der Waals surface area contributed by atoms with E-state index in [4.69, 9.17) is 4.74 Å². The lowest BCUT2D eigenvalue weighted by Gasteiger charge is -2.17. The highest BCUT2D eigenvalue weighted by molar-refractivity contribution is 7.79. The van der Waals surface area contributed by atoms with E-state index >= 15 is 0 Å². The topological polar surface area (TPSA) is 69.7 Å². The van der Waals surface area contributed by atoms with E-state index in [0.29, 0.717) is 19.5 Å². The van der Waals surface area contributed by atoms with Crippen LogP contribution in [0.15, 0.2) is 30.3 Å². The Hall–Kier alpha value is -1.40. The molecular weight excluding hydrogens is 266 g/mol. The number of carbonyl (C=O) groups excluding carboxylic acids is 1. The van der Waals surface area contributed by atoms with Gasteiger partial charge in [0.2, 0.25) is 0 Å². The standard InChI is InChI=1S/C13H17NO4S/c15-13(18-9-11-4-2-1-3-5-11)14-7-6-12(8-14)10-19(16)17/h1-5,12H,6-10H2,(H,16,17)/p-1/t12-/m0/s1. The summed E-state index contributed by atoms with van der Waals surface area (Å²) in [5, 5.41) is 0. The molecule has 1 saturated heterocycles. The van der Waals surface area contributed by atoms with Gasteiger partial charge in [0, 0.05) is 18.8 Å². The van der Waals surface area contributed by atoms with Gasteiger partial charge in [-0.05, 0) is 17.9 Å². The monoisotopic (exact) mass is 282 g/mol. The Morgan fingerprint density at radius 1 is 1.42 bits per heavy atom. The van der Waals surface area contributed by atoms with Crippen LogP contribution in [0.4, 0.5) is 4.79 Å². The van der Waals surface area contributed by atoms with Crippen LogP contribution in [0, 0.1) is 5.92 Å². The van der Waals surface area contributed by atoms with Gasteiger partial charge < -0.3 is 14.2 Å². The number of amides is 1. The van der Waals surface area contributed by atoms with Crippen LogP contribution in [0.1, 0.15) is 12.0 Å². The second-order valence-corrected chi connectivity index (χ2v) is 5.55. The van der Waals surface area contributed by atoms with E-state index in [1.807, 2.05) is 30.3 Å². The molecule has 0 N–H and O–H groups in total. The second kappa shape index (κ2) is 6.68. The number of rotatable bonds is 4. The Bertz CT molecular complexity index is 451. The van der Waals surface area contributed by atoms with Crippen molar-refractivity contribution in [3.63, 3.8) is 0 Å². The summed E-state index contributed by atoms with van der Waals surface area (Å²) in [6.45, 7) is 1.27. The van der Waals surface area contributed by atoms with Gasteiger partial charge in [0.25, 0.3) is 0 Å². The Morgan fingerprint density at radius 3 is 2.84 bits per heavy atom. The zero-order valence-electron chi connectivity index (χ0n) is 10.5. The zero-order valence-corrected chi connectivity index (χ0v) is 11.3. The minimum Gasteiger partial charge on any atom is -0.772 e. The van der Waals surface area contributed by atoms with Gasteiger partial charge in [0.05, 0.1) is 0 Å². The first-order valence-electron chi connectivity index (χ1n) is 6.16. The second-order valence-electron chi connectivity index (χ2n) is 4.61. The number of benzene rings is 1. The molecule has 0 spiro atoms. The average Bonchev–Trinajstić information content (AvgIpc) is 2.85. The molecule has 1 heterocycles. The fourth-order valence-corrected chi connectivity index (χ4v) is 2.79. The van der Waals surface area contributed by atoms with Gasteiger partial charge in [0.1, 0.15) is 6.61 Å². The van der Waals surface area contributed by atoms with E-state index in [0.717, 1.165) is 5.56 Å². The molecule has 2 rings (SSSR count). The van der Waals surface area contributed by atoms with Crippen molar-refractivity contribution < 1.29 is 18.3 Å². The molecule has 104 valence electrons. The van der Waals surface area contributed by atoms with Crippen LogP contribution in [-0.4, -0.2) is 38.6 Å². The lowest BCUT2D eigenvalue weighted by atomic mass is 10.2. The molecule has 0 aromatic heterocycles. The van der Waals surface area contributed by atoms with Crippen LogP contribution < -0.4 is 0 Å². The number of nitrogens with zero attached hydrogens (tertiary/aromatic N) is 1. The van der Waals surface area contributed by atoms with E-state index in [2.05, 4.69) is 0 Å². The van der Waals surface area contributed by atoms with E-state index in [1.54, 1.807) is 4.90 Å². The van der Waals surface area contributed by atoms with Crippen LogP contribution in [0.25, 0.3) is 0 Å². The predicted molar refractivity (Wildman–Crippen MR) is 70.1 cm³/mol. The van der Waals surface area contributed by atoms with Gasteiger partial charge >= 0.3 is 6.09 Å². The fourth-order valence-electron chi connectivity index (χ4n) is 2.14. The highest BCUT2D eigenvalue weighted by Gasteiger charge is 2.27. The summed E-state index contributed by atoms with van der Waals surface area (Å²) in [5.74, 6) is 0.144. The summed E-state index contributed by atoms with van der Waals surface area (Å²) in [5.41, 5.74) is 0.937. The van der Waals surface area contributed by atoms with Crippen LogP contribution in [-0.2, 0) is 22.4 Å². The SMILES string of the molecule is O=C(OCc1ccccc1)N1CC[C@H](CS(=O)[O-])C1. The lowest BCUT2D eigenvalue weighted by molar-refractivity contribution is 0.103. The highest BCUT2D eigenvalue weighted by Crippen LogP contribution is 2.18. The molecule has 1 aliphatic heterocycles. The van der Waals surface area contributed by atoms with Gasteiger partial charge in [0.15, 0.2) is 0 Å². The first-order valence-corrected chi connectivity index (χ1v) is 7.41. The Labute approximate surface area is 114 Å². The van der Waals surface area contributed by atoms with Gasteiger partial charge in [-0.2, -0.15) is 0 Å². The molecule has 1 unspecified atom stereocenters. The molecule has 2 atom stereocenters. The predicted octanol–water partition coefficient (Wildman–Crippen LogP) is 1.52. The molecule has 6 heteroatoms. The molecule has 1 amide bonds. The smallest absolute Gasteiger partial charge is 0.410 e. The molecule has 0 bridgehead atoms. The lowest BCUT2D eigenvalue weighted by Crippen LogP contribution is -2.29. The quantitative estimate of drug-likeness (QED) is 0.785. The first kappa shape index (κ1) is 14.0. The van der Waals surface area contributed by atoms with Crippen molar-refractivity contribution in [2.24, 2.45) is 5.92 Å². The minimum atomic E-state index is -2.05. The van der Waals surface area contributed by atoms with Crippen LogP contribution in [0.5, 0.6) is 0 Å². The van der Waals surface area contributed by atoms with Crippen LogP contribution >= 0.6 is 0 Å². The number of ether oxygens (including phenoxy) is 1. The van der Waals surface area contributed by atoms with Gasteiger partial charge in [-0.15, -0.1) is 0 Å². The summed E-state index contributed by atoms with van der Waals surface area (Å²) in [6.07, 6.45) is 0.344. The summed E-state index contributed by atoms with van der Waals surface area (Å²) in [7, 11) is 0.